The number of fused-ring (bicyclic) bond motifs is 1. The van der Waals surface area contributed by atoms with Crippen LogP contribution in [0.4, 0.5) is 0 Å². The first-order chi connectivity index (χ1) is 11.7. The lowest BCUT2D eigenvalue weighted by molar-refractivity contribution is 0.340. The summed E-state index contributed by atoms with van der Waals surface area (Å²) in [6, 6.07) is 13.2. The lowest BCUT2D eigenvalue weighted by Crippen LogP contribution is -1.90. The van der Waals surface area contributed by atoms with Crippen LogP contribution >= 0.6 is 0 Å². The average Bonchev–Trinajstić information content (AvgIpc) is 3.21. The fourth-order valence-electron chi connectivity index (χ4n) is 2.50. The normalized spacial score (nSPS) is 11.1. The Morgan fingerprint density at radius 1 is 1.00 bits per heavy atom. The molecule has 0 aliphatic heterocycles. The third kappa shape index (κ3) is 2.62. The monoisotopic (exact) mass is 321 g/mol. The maximum atomic E-state index is 5.48. The Morgan fingerprint density at radius 3 is 2.58 bits per heavy atom. The molecule has 6 heteroatoms. The van der Waals surface area contributed by atoms with Crippen molar-refractivity contribution in [1.29, 1.82) is 0 Å². The van der Waals surface area contributed by atoms with Gasteiger partial charge in [-0.05, 0) is 49.4 Å². The summed E-state index contributed by atoms with van der Waals surface area (Å²) in [6.45, 7) is 4.40. The molecule has 0 saturated carbocycles. The highest BCUT2D eigenvalue weighted by molar-refractivity contribution is 5.78. The third-order valence-electron chi connectivity index (χ3n) is 3.59. The van der Waals surface area contributed by atoms with Crippen LogP contribution in [0.25, 0.3) is 33.9 Å². The molecule has 0 unspecified atom stereocenters. The van der Waals surface area contributed by atoms with Gasteiger partial charge in [-0.25, -0.2) is 4.98 Å². The van der Waals surface area contributed by atoms with Crippen LogP contribution in [0, 0.1) is 6.92 Å². The molecule has 4 aromatic rings. The van der Waals surface area contributed by atoms with Gasteiger partial charge >= 0.3 is 0 Å². The van der Waals surface area contributed by atoms with Crippen LogP contribution in [0.3, 0.4) is 0 Å². The first-order valence-electron chi connectivity index (χ1n) is 7.67. The number of hydrogen-bond donors (Lipinski definition) is 0. The van der Waals surface area contributed by atoms with E-state index in [0.29, 0.717) is 24.2 Å². The van der Waals surface area contributed by atoms with E-state index in [-0.39, 0.29) is 0 Å². The van der Waals surface area contributed by atoms with Crippen molar-refractivity contribution in [2.45, 2.75) is 13.8 Å². The first kappa shape index (κ1) is 14.4. The molecule has 0 bridgehead atoms. The molecule has 2 aromatic heterocycles. The molecule has 0 fully saturated rings. The van der Waals surface area contributed by atoms with E-state index in [9.17, 15) is 0 Å². The highest BCUT2D eigenvalue weighted by Gasteiger charge is 2.12. The summed E-state index contributed by atoms with van der Waals surface area (Å²) < 4.78 is 16.3. The van der Waals surface area contributed by atoms with E-state index < -0.39 is 0 Å². The minimum atomic E-state index is 0.462. The molecule has 120 valence electrons. The van der Waals surface area contributed by atoms with Crippen LogP contribution in [0.1, 0.15) is 12.8 Å². The Balaban J connectivity index is 1.65. The molecule has 0 atom stereocenters. The lowest BCUT2D eigenvalue weighted by atomic mass is 10.2. The maximum Gasteiger partial charge on any atom is 0.258 e. The van der Waals surface area contributed by atoms with E-state index >= 15 is 0 Å². The van der Waals surface area contributed by atoms with Gasteiger partial charge in [-0.3, -0.25) is 0 Å². The van der Waals surface area contributed by atoms with Crippen molar-refractivity contribution in [3.63, 3.8) is 0 Å². The minimum absolute atomic E-state index is 0.462. The fraction of sp³-hybridized carbons (Fsp3) is 0.167. The Hall–Kier alpha value is -3.15. The highest BCUT2D eigenvalue weighted by Crippen LogP contribution is 2.26. The molecule has 0 aliphatic carbocycles. The van der Waals surface area contributed by atoms with E-state index in [1.807, 2.05) is 56.3 Å². The van der Waals surface area contributed by atoms with E-state index in [2.05, 4.69) is 15.1 Å². The first-order valence-corrected chi connectivity index (χ1v) is 7.67. The molecular formula is C18H15N3O3. The van der Waals surface area contributed by atoms with Crippen molar-refractivity contribution in [1.82, 2.24) is 15.1 Å². The van der Waals surface area contributed by atoms with Crippen LogP contribution in [0.2, 0.25) is 0 Å². The topological polar surface area (TPSA) is 74.2 Å². The van der Waals surface area contributed by atoms with Gasteiger partial charge in [0, 0.05) is 18.1 Å². The molecule has 2 heterocycles. The number of nitrogens with zero attached hydrogens (tertiary/aromatic N) is 3. The number of aryl methyl sites for hydroxylation is 1. The van der Waals surface area contributed by atoms with Gasteiger partial charge in [-0.1, -0.05) is 5.16 Å². The van der Waals surface area contributed by atoms with Gasteiger partial charge in [0.05, 0.1) is 6.61 Å². The second-order valence-corrected chi connectivity index (χ2v) is 5.30. The quantitative estimate of drug-likeness (QED) is 0.559. The number of ether oxygens (including phenoxy) is 1. The summed E-state index contributed by atoms with van der Waals surface area (Å²) >= 11 is 0. The summed E-state index contributed by atoms with van der Waals surface area (Å²) in [4.78, 5) is 8.79. The van der Waals surface area contributed by atoms with Crippen LogP contribution in [0.5, 0.6) is 5.75 Å². The van der Waals surface area contributed by atoms with Crippen molar-refractivity contribution in [3.8, 4) is 28.6 Å². The van der Waals surface area contributed by atoms with Crippen molar-refractivity contribution in [2.75, 3.05) is 6.61 Å². The van der Waals surface area contributed by atoms with Crippen LogP contribution in [-0.2, 0) is 0 Å². The summed E-state index contributed by atoms with van der Waals surface area (Å²) in [6.07, 6.45) is 0. The summed E-state index contributed by atoms with van der Waals surface area (Å²) in [5.74, 6) is 2.42. The second-order valence-electron chi connectivity index (χ2n) is 5.30. The molecule has 4 rings (SSSR count). The molecule has 0 N–H and O–H groups in total. The van der Waals surface area contributed by atoms with Gasteiger partial charge in [0.2, 0.25) is 5.82 Å². The zero-order valence-corrected chi connectivity index (χ0v) is 13.3. The van der Waals surface area contributed by atoms with Gasteiger partial charge in [-0.15, -0.1) is 0 Å². The third-order valence-corrected chi connectivity index (χ3v) is 3.59. The summed E-state index contributed by atoms with van der Waals surface area (Å²) in [5, 5.41) is 4.06. The lowest BCUT2D eigenvalue weighted by Gasteiger charge is -2.02. The predicted molar refractivity (Wildman–Crippen MR) is 88.6 cm³/mol. The number of hydrogen-bond acceptors (Lipinski definition) is 6. The summed E-state index contributed by atoms with van der Waals surface area (Å²) in [7, 11) is 0. The van der Waals surface area contributed by atoms with Gasteiger partial charge in [0.25, 0.3) is 5.89 Å². The van der Waals surface area contributed by atoms with E-state index in [4.69, 9.17) is 13.7 Å². The molecule has 24 heavy (non-hydrogen) atoms. The van der Waals surface area contributed by atoms with Crippen molar-refractivity contribution >= 4 is 11.1 Å². The molecular weight excluding hydrogens is 306 g/mol. The standard InChI is InChI=1S/C18H15N3O3/c1-3-22-14-7-4-12(5-8-14)18-20-17(21-24-18)13-6-9-16-15(10-13)19-11(2)23-16/h4-10H,3H2,1-2H3. The Labute approximate surface area is 138 Å². The van der Waals surface area contributed by atoms with Gasteiger partial charge < -0.3 is 13.7 Å². The molecule has 0 aliphatic rings. The Kier molecular flexibility index (Phi) is 3.49. The largest absolute Gasteiger partial charge is 0.494 e. The summed E-state index contributed by atoms with van der Waals surface area (Å²) in [5.41, 5.74) is 3.19. The van der Waals surface area contributed by atoms with Gasteiger partial charge in [0.1, 0.15) is 11.3 Å². The zero-order valence-electron chi connectivity index (χ0n) is 13.3. The van der Waals surface area contributed by atoms with E-state index in [1.54, 1.807) is 0 Å². The van der Waals surface area contributed by atoms with Crippen LogP contribution < -0.4 is 4.74 Å². The Bertz CT molecular complexity index is 986. The van der Waals surface area contributed by atoms with Crippen LogP contribution in [-0.4, -0.2) is 21.7 Å². The Morgan fingerprint density at radius 2 is 1.79 bits per heavy atom. The fourth-order valence-corrected chi connectivity index (χ4v) is 2.50. The SMILES string of the molecule is CCOc1ccc(-c2nc(-c3ccc4oc(C)nc4c3)no2)cc1. The molecule has 6 nitrogen and oxygen atoms in total. The van der Waals surface area contributed by atoms with Crippen molar-refractivity contribution in [3.05, 3.63) is 48.4 Å². The molecule has 0 spiro atoms. The van der Waals surface area contributed by atoms with E-state index in [0.717, 1.165) is 28.0 Å². The highest BCUT2D eigenvalue weighted by atomic mass is 16.5. The number of rotatable bonds is 4. The number of benzene rings is 2. The smallest absolute Gasteiger partial charge is 0.258 e. The molecule has 0 amide bonds. The van der Waals surface area contributed by atoms with Gasteiger partial charge in [0.15, 0.2) is 11.5 Å². The van der Waals surface area contributed by atoms with Crippen molar-refractivity contribution < 1.29 is 13.7 Å². The zero-order chi connectivity index (χ0) is 16.5. The number of aromatic nitrogens is 3. The maximum absolute atomic E-state index is 5.48. The average molecular weight is 321 g/mol. The molecule has 0 radical (unpaired) electrons. The molecule has 2 aromatic carbocycles. The second kappa shape index (κ2) is 5.81. The van der Waals surface area contributed by atoms with Crippen LogP contribution in [0.15, 0.2) is 51.4 Å². The number of oxazole rings is 1. The van der Waals surface area contributed by atoms with Gasteiger partial charge in [-0.2, -0.15) is 4.98 Å². The van der Waals surface area contributed by atoms with Crippen molar-refractivity contribution in [2.24, 2.45) is 0 Å². The predicted octanol–water partition coefficient (Wildman–Crippen LogP) is 4.25. The minimum Gasteiger partial charge on any atom is -0.494 e. The van der Waals surface area contributed by atoms with E-state index in [1.165, 1.54) is 0 Å². The molecule has 0 saturated heterocycles.